The van der Waals surface area contributed by atoms with Gasteiger partial charge in [-0.2, -0.15) is 5.10 Å². The van der Waals surface area contributed by atoms with Gasteiger partial charge in [0.1, 0.15) is 5.56 Å². The molecule has 0 saturated heterocycles. The van der Waals surface area contributed by atoms with Crippen LogP contribution in [0.1, 0.15) is 16.1 Å². The molecule has 0 unspecified atom stereocenters. The molecule has 2 heterocycles. The number of rotatable bonds is 6. The second kappa shape index (κ2) is 8.02. The number of methoxy groups -OCH3 is 1. The zero-order valence-electron chi connectivity index (χ0n) is 13.2. The molecule has 0 aromatic carbocycles. The van der Waals surface area contributed by atoms with Gasteiger partial charge in [-0.25, -0.2) is 19.1 Å². The van der Waals surface area contributed by atoms with Crippen LogP contribution in [0, 0.1) is 6.92 Å². The highest BCUT2D eigenvalue weighted by atomic mass is 16.5. The van der Waals surface area contributed by atoms with Crippen molar-refractivity contribution in [2.24, 2.45) is 0 Å². The van der Waals surface area contributed by atoms with Crippen molar-refractivity contribution in [3.63, 3.8) is 0 Å². The number of aryl methyl sites for hydroxylation is 1. The molecule has 10 heteroatoms. The first-order valence-electron chi connectivity index (χ1n) is 7.06. The van der Waals surface area contributed by atoms with Gasteiger partial charge in [0.2, 0.25) is 0 Å². The zero-order valence-corrected chi connectivity index (χ0v) is 13.2. The van der Waals surface area contributed by atoms with Gasteiger partial charge >= 0.3 is 12.0 Å². The summed E-state index contributed by atoms with van der Waals surface area (Å²) in [6, 6.07) is 0.978. The van der Waals surface area contributed by atoms with Crippen LogP contribution in [0.25, 0.3) is 5.65 Å². The topological polar surface area (TPSA) is 124 Å². The summed E-state index contributed by atoms with van der Waals surface area (Å²) in [6.07, 6.45) is 3.16. The number of carbonyl (C=O) groups excluding carboxylic acids is 3. The Morgan fingerprint density at radius 1 is 1.33 bits per heavy atom. The molecule has 0 aliphatic carbocycles. The van der Waals surface area contributed by atoms with E-state index >= 15 is 0 Å². The quantitative estimate of drug-likeness (QED) is 0.547. The zero-order chi connectivity index (χ0) is 17.5. The van der Waals surface area contributed by atoms with E-state index in [2.05, 4.69) is 15.4 Å². The number of nitrogens with one attached hydrogen (secondary N) is 2. The lowest BCUT2D eigenvalue weighted by Crippen LogP contribution is -2.42. The second-order valence-corrected chi connectivity index (χ2v) is 4.72. The maximum atomic E-state index is 12.1. The summed E-state index contributed by atoms with van der Waals surface area (Å²) < 4.78 is 11.1. The molecule has 0 bridgehead atoms. The number of urea groups is 1. The third kappa shape index (κ3) is 4.26. The molecule has 0 radical (unpaired) electrons. The number of esters is 1. The van der Waals surface area contributed by atoms with Crippen LogP contribution in [-0.2, 0) is 14.3 Å². The molecule has 0 aliphatic rings. The average molecular weight is 335 g/mol. The number of imide groups is 1. The predicted molar refractivity (Wildman–Crippen MR) is 81.4 cm³/mol. The predicted octanol–water partition coefficient (Wildman–Crippen LogP) is -0.333. The van der Waals surface area contributed by atoms with E-state index in [9.17, 15) is 14.4 Å². The number of fused-ring (bicyclic) bond motifs is 1. The van der Waals surface area contributed by atoms with Gasteiger partial charge in [0.05, 0.1) is 12.3 Å². The van der Waals surface area contributed by atoms with Crippen molar-refractivity contribution >= 4 is 23.6 Å². The van der Waals surface area contributed by atoms with E-state index in [1.54, 1.807) is 19.2 Å². The SMILES string of the molecule is COCCNC(=O)NC(=O)COC(=O)c1c(C)nn2cccnc12. The Hall–Kier alpha value is -3.01. The van der Waals surface area contributed by atoms with E-state index in [1.807, 2.05) is 5.32 Å². The minimum Gasteiger partial charge on any atom is -0.452 e. The third-order valence-corrected chi connectivity index (χ3v) is 2.95. The van der Waals surface area contributed by atoms with E-state index in [-0.39, 0.29) is 12.1 Å². The Kier molecular flexibility index (Phi) is 5.79. The molecule has 0 fully saturated rings. The highest BCUT2D eigenvalue weighted by molar-refractivity contribution is 5.99. The van der Waals surface area contributed by atoms with Gasteiger partial charge < -0.3 is 14.8 Å². The molecule has 2 aromatic heterocycles. The molecule has 0 saturated carbocycles. The van der Waals surface area contributed by atoms with E-state index in [1.165, 1.54) is 17.8 Å². The van der Waals surface area contributed by atoms with Crippen LogP contribution in [0.4, 0.5) is 4.79 Å². The van der Waals surface area contributed by atoms with Crippen molar-refractivity contribution in [1.82, 2.24) is 25.2 Å². The summed E-state index contributed by atoms with van der Waals surface area (Å²) in [4.78, 5) is 39.2. The van der Waals surface area contributed by atoms with Gasteiger partial charge in [-0.15, -0.1) is 0 Å². The van der Waals surface area contributed by atoms with E-state index < -0.39 is 24.5 Å². The molecule has 128 valence electrons. The van der Waals surface area contributed by atoms with Crippen molar-refractivity contribution in [2.45, 2.75) is 6.92 Å². The first kappa shape index (κ1) is 17.3. The van der Waals surface area contributed by atoms with Crippen LogP contribution in [0.2, 0.25) is 0 Å². The number of amides is 3. The number of aromatic nitrogens is 3. The fraction of sp³-hybridized carbons (Fsp3) is 0.357. The highest BCUT2D eigenvalue weighted by Gasteiger charge is 2.20. The van der Waals surface area contributed by atoms with Gasteiger partial charge in [-0.3, -0.25) is 10.1 Å². The Labute approximate surface area is 137 Å². The Morgan fingerprint density at radius 3 is 2.88 bits per heavy atom. The summed E-state index contributed by atoms with van der Waals surface area (Å²) in [6.45, 7) is 1.61. The average Bonchev–Trinajstić information content (AvgIpc) is 2.88. The van der Waals surface area contributed by atoms with Crippen LogP contribution in [-0.4, -0.2) is 59.4 Å². The number of carbonyl (C=O) groups is 3. The van der Waals surface area contributed by atoms with Crippen LogP contribution in [0.3, 0.4) is 0 Å². The van der Waals surface area contributed by atoms with Gasteiger partial charge in [0.25, 0.3) is 5.91 Å². The van der Waals surface area contributed by atoms with Crippen LogP contribution in [0.5, 0.6) is 0 Å². The number of ether oxygens (including phenoxy) is 2. The summed E-state index contributed by atoms with van der Waals surface area (Å²) in [5, 5.41) is 8.56. The lowest BCUT2D eigenvalue weighted by Gasteiger charge is -2.07. The fourth-order valence-electron chi connectivity index (χ4n) is 1.91. The van der Waals surface area contributed by atoms with E-state index in [4.69, 9.17) is 9.47 Å². The summed E-state index contributed by atoms with van der Waals surface area (Å²) in [5.74, 6) is -1.49. The first-order chi connectivity index (χ1) is 11.5. The molecule has 24 heavy (non-hydrogen) atoms. The second-order valence-electron chi connectivity index (χ2n) is 4.72. The molecule has 2 aromatic rings. The first-order valence-corrected chi connectivity index (χ1v) is 7.06. The van der Waals surface area contributed by atoms with Crippen molar-refractivity contribution in [3.05, 3.63) is 29.7 Å². The van der Waals surface area contributed by atoms with Crippen molar-refractivity contribution in [1.29, 1.82) is 0 Å². The normalized spacial score (nSPS) is 10.4. The van der Waals surface area contributed by atoms with Crippen molar-refractivity contribution in [2.75, 3.05) is 26.9 Å². The maximum absolute atomic E-state index is 12.1. The Bertz CT molecular complexity index is 757. The van der Waals surface area contributed by atoms with Crippen LogP contribution < -0.4 is 10.6 Å². The van der Waals surface area contributed by atoms with Crippen molar-refractivity contribution in [3.8, 4) is 0 Å². The number of nitrogens with zero attached hydrogens (tertiary/aromatic N) is 3. The summed E-state index contributed by atoms with van der Waals surface area (Å²) in [5.41, 5.74) is 0.932. The van der Waals surface area contributed by atoms with E-state index in [0.717, 1.165) is 0 Å². The molecule has 0 aliphatic heterocycles. The molecule has 0 atom stereocenters. The molecule has 2 N–H and O–H groups in total. The van der Waals surface area contributed by atoms with Crippen molar-refractivity contribution < 1.29 is 23.9 Å². The molecular weight excluding hydrogens is 318 g/mol. The van der Waals surface area contributed by atoms with Crippen LogP contribution >= 0.6 is 0 Å². The Balaban J connectivity index is 1.89. The minimum atomic E-state index is -0.750. The summed E-state index contributed by atoms with van der Waals surface area (Å²) in [7, 11) is 1.49. The van der Waals surface area contributed by atoms with Gasteiger partial charge in [-0.1, -0.05) is 0 Å². The monoisotopic (exact) mass is 335 g/mol. The van der Waals surface area contributed by atoms with Gasteiger partial charge in [-0.05, 0) is 13.0 Å². The lowest BCUT2D eigenvalue weighted by atomic mass is 10.2. The lowest BCUT2D eigenvalue weighted by molar-refractivity contribution is -0.123. The van der Waals surface area contributed by atoms with Gasteiger partial charge in [0, 0.05) is 26.0 Å². The molecule has 2 rings (SSSR count). The smallest absolute Gasteiger partial charge is 0.344 e. The molecule has 0 spiro atoms. The highest BCUT2D eigenvalue weighted by Crippen LogP contribution is 2.13. The largest absolute Gasteiger partial charge is 0.452 e. The summed E-state index contributed by atoms with van der Waals surface area (Å²) >= 11 is 0. The third-order valence-electron chi connectivity index (χ3n) is 2.95. The Morgan fingerprint density at radius 2 is 2.12 bits per heavy atom. The minimum absolute atomic E-state index is 0.174. The van der Waals surface area contributed by atoms with Crippen LogP contribution in [0.15, 0.2) is 18.5 Å². The number of hydrogen-bond donors (Lipinski definition) is 2. The molecule has 10 nitrogen and oxygen atoms in total. The standard InChI is InChI=1S/C14H17N5O5/c1-9-11(12-15-4-3-6-19(12)18-9)13(21)24-8-10(20)17-14(22)16-5-7-23-2/h3-4,6H,5,7-8H2,1-2H3,(H2,16,17,20,22). The molecular formula is C14H17N5O5. The van der Waals surface area contributed by atoms with E-state index in [0.29, 0.717) is 17.9 Å². The fourth-order valence-corrected chi connectivity index (χ4v) is 1.91. The maximum Gasteiger partial charge on any atom is 0.344 e. The van der Waals surface area contributed by atoms with Gasteiger partial charge in [0.15, 0.2) is 12.3 Å². The molecule has 3 amide bonds. The number of hydrogen-bond acceptors (Lipinski definition) is 7.